The number of halogens is 1. The third-order valence-electron chi connectivity index (χ3n) is 5.16. The van der Waals surface area contributed by atoms with Crippen molar-refractivity contribution in [1.29, 1.82) is 0 Å². The van der Waals surface area contributed by atoms with Crippen molar-refractivity contribution < 1.29 is 14.4 Å². The Labute approximate surface area is 159 Å². The van der Waals surface area contributed by atoms with E-state index in [0.717, 1.165) is 21.1 Å². The number of carbonyl (C=O) groups excluding carboxylic acids is 1. The van der Waals surface area contributed by atoms with Gasteiger partial charge in [-0.2, -0.15) is 0 Å². The number of benzene rings is 1. The predicted octanol–water partition coefficient (Wildman–Crippen LogP) is 2.98. The lowest BCUT2D eigenvalue weighted by Crippen LogP contribution is -2.47. The van der Waals surface area contributed by atoms with Gasteiger partial charge in [-0.3, -0.25) is 10.0 Å². The maximum Gasteiger partial charge on any atom is 0.254 e. The zero-order valence-corrected chi connectivity index (χ0v) is 15.4. The Morgan fingerprint density at radius 3 is 2.85 bits per heavy atom. The highest BCUT2D eigenvalue weighted by Gasteiger charge is 2.45. The summed E-state index contributed by atoms with van der Waals surface area (Å²) in [4.78, 5) is 26.4. The van der Waals surface area contributed by atoms with Gasteiger partial charge in [-0.15, -0.1) is 11.3 Å². The number of fused-ring (bicyclic) bond motifs is 1. The highest BCUT2D eigenvalue weighted by molar-refractivity contribution is 7.15. The Kier molecular flexibility index (Phi) is 4.45. The van der Waals surface area contributed by atoms with Crippen LogP contribution in [0.2, 0.25) is 0 Å². The maximum absolute atomic E-state index is 14.2. The van der Waals surface area contributed by atoms with Gasteiger partial charge in [0.15, 0.2) is 0 Å². The van der Waals surface area contributed by atoms with Crippen LogP contribution in [0.25, 0.3) is 10.6 Å². The first-order valence-corrected chi connectivity index (χ1v) is 9.31. The van der Waals surface area contributed by atoms with Crippen LogP contribution in [0, 0.1) is 12.7 Å². The summed E-state index contributed by atoms with van der Waals surface area (Å²) in [5.41, 5.74) is 3.51. The summed E-state index contributed by atoms with van der Waals surface area (Å²) in [6.45, 7) is 1.66. The molecule has 0 saturated heterocycles. The van der Waals surface area contributed by atoms with E-state index in [1.54, 1.807) is 36.9 Å². The molecule has 0 aliphatic heterocycles. The molecule has 2 N–H and O–H groups in total. The van der Waals surface area contributed by atoms with Crippen LogP contribution in [0.1, 0.15) is 28.1 Å². The zero-order valence-electron chi connectivity index (χ0n) is 14.6. The fourth-order valence-corrected chi connectivity index (χ4v) is 4.92. The summed E-state index contributed by atoms with van der Waals surface area (Å²) >= 11 is 1.48. The highest BCUT2D eigenvalue weighted by atomic mass is 32.1. The summed E-state index contributed by atoms with van der Waals surface area (Å²) < 4.78 is 14.2. The van der Waals surface area contributed by atoms with Crippen molar-refractivity contribution in [2.24, 2.45) is 0 Å². The predicted molar refractivity (Wildman–Crippen MR) is 97.9 cm³/mol. The number of hydroxylamine groups is 1. The second-order valence-corrected chi connectivity index (χ2v) is 7.71. The average molecular weight is 384 g/mol. The number of aryl methyl sites for hydroxylation is 1. The number of nitrogens with zero attached hydrogens (tertiary/aromatic N) is 3. The minimum Gasteiger partial charge on any atom is -0.289 e. The monoisotopic (exact) mass is 384 g/mol. The molecule has 1 aliphatic rings. The molecule has 0 spiro atoms. The van der Waals surface area contributed by atoms with Crippen molar-refractivity contribution in [3.05, 3.63) is 64.4 Å². The molecule has 0 saturated carbocycles. The first-order chi connectivity index (χ1) is 13.0. The van der Waals surface area contributed by atoms with E-state index in [-0.39, 0.29) is 5.82 Å². The molecule has 138 valence electrons. The fourth-order valence-electron chi connectivity index (χ4n) is 3.72. The number of aromatic nitrogens is 3. The van der Waals surface area contributed by atoms with Crippen LogP contribution in [0.15, 0.2) is 36.9 Å². The molecule has 1 unspecified atom stereocenters. The number of carbonyl (C=O) groups is 1. The summed E-state index contributed by atoms with van der Waals surface area (Å²) in [6.07, 6.45) is 6.20. The minimum atomic E-state index is -1.04. The van der Waals surface area contributed by atoms with Gasteiger partial charge in [0.25, 0.3) is 5.91 Å². The lowest BCUT2D eigenvalue weighted by atomic mass is 9.68. The van der Waals surface area contributed by atoms with Gasteiger partial charge in [-0.1, -0.05) is 12.1 Å². The van der Waals surface area contributed by atoms with E-state index in [9.17, 15) is 14.4 Å². The lowest BCUT2D eigenvalue weighted by molar-refractivity contribution is -0.135. The quantitative estimate of drug-likeness (QED) is 0.535. The van der Waals surface area contributed by atoms with Gasteiger partial charge in [0.1, 0.15) is 17.2 Å². The van der Waals surface area contributed by atoms with Gasteiger partial charge in [0, 0.05) is 29.3 Å². The topological polar surface area (TPSA) is 88.0 Å². The van der Waals surface area contributed by atoms with Gasteiger partial charge in [0.2, 0.25) is 0 Å². The number of rotatable bonds is 3. The number of hydrogen-bond donors (Lipinski definition) is 2. The smallest absolute Gasteiger partial charge is 0.254 e. The zero-order chi connectivity index (χ0) is 19.0. The van der Waals surface area contributed by atoms with Crippen LogP contribution >= 0.6 is 11.3 Å². The molecule has 3 aromatic rings. The van der Waals surface area contributed by atoms with Gasteiger partial charge in [-0.05, 0) is 37.0 Å². The molecule has 0 fully saturated rings. The molecule has 6 nitrogen and oxygen atoms in total. The molecule has 1 aromatic carbocycles. The van der Waals surface area contributed by atoms with Crippen LogP contribution in [-0.4, -0.2) is 26.1 Å². The Morgan fingerprint density at radius 2 is 2.11 bits per heavy atom. The third kappa shape index (κ3) is 2.90. The summed E-state index contributed by atoms with van der Waals surface area (Å²) in [7, 11) is 0. The van der Waals surface area contributed by atoms with Crippen LogP contribution in [0.3, 0.4) is 0 Å². The molecular weight excluding hydrogens is 367 g/mol. The summed E-state index contributed by atoms with van der Waals surface area (Å²) in [5.74, 6) is -0.894. The van der Waals surface area contributed by atoms with E-state index in [1.165, 1.54) is 23.7 Å². The molecule has 0 bridgehead atoms. The van der Waals surface area contributed by atoms with E-state index in [4.69, 9.17) is 0 Å². The standard InChI is InChI=1S/C19H17FN4O2S/c1-11-13(3-2-4-14(11)20)19(18(25)24-26)6-5-15-16(7-19)27-17(23-15)12-8-21-10-22-9-12/h2-4,8-10,26H,5-7H2,1H3,(H,24,25). The van der Waals surface area contributed by atoms with E-state index in [2.05, 4.69) is 15.0 Å². The van der Waals surface area contributed by atoms with E-state index in [1.807, 2.05) is 0 Å². The second kappa shape index (κ2) is 6.79. The number of nitrogens with one attached hydrogen (secondary N) is 1. The van der Waals surface area contributed by atoms with Crippen LogP contribution in [0.5, 0.6) is 0 Å². The highest BCUT2D eigenvalue weighted by Crippen LogP contribution is 2.43. The summed E-state index contributed by atoms with van der Waals surface area (Å²) in [6, 6.07) is 4.72. The van der Waals surface area contributed by atoms with Crippen molar-refractivity contribution in [3.63, 3.8) is 0 Å². The Bertz CT molecular complexity index is 1010. The van der Waals surface area contributed by atoms with Crippen LogP contribution in [-0.2, 0) is 23.1 Å². The molecule has 8 heteroatoms. The molecule has 27 heavy (non-hydrogen) atoms. The molecule has 2 aromatic heterocycles. The molecule has 0 radical (unpaired) electrons. The minimum absolute atomic E-state index is 0.352. The van der Waals surface area contributed by atoms with Crippen molar-refractivity contribution >= 4 is 17.2 Å². The first kappa shape index (κ1) is 17.7. The first-order valence-electron chi connectivity index (χ1n) is 8.49. The van der Waals surface area contributed by atoms with Crippen LogP contribution in [0.4, 0.5) is 4.39 Å². The van der Waals surface area contributed by atoms with Crippen molar-refractivity contribution in [1.82, 2.24) is 20.4 Å². The second-order valence-electron chi connectivity index (χ2n) is 6.63. The number of thiazole rings is 1. The van der Waals surface area contributed by atoms with Crippen LogP contribution < -0.4 is 5.48 Å². The molecule has 1 amide bonds. The summed E-state index contributed by atoms with van der Waals surface area (Å²) in [5, 5.41) is 10.2. The molecule has 2 heterocycles. The fraction of sp³-hybridized carbons (Fsp3) is 0.263. The van der Waals surface area contributed by atoms with Crippen molar-refractivity contribution in [2.75, 3.05) is 0 Å². The van der Waals surface area contributed by atoms with E-state index in [0.29, 0.717) is 30.4 Å². The van der Waals surface area contributed by atoms with Gasteiger partial charge < -0.3 is 0 Å². The van der Waals surface area contributed by atoms with Gasteiger partial charge in [-0.25, -0.2) is 24.8 Å². The Hall–Kier alpha value is -2.71. The Morgan fingerprint density at radius 1 is 1.33 bits per heavy atom. The molecule has 4 rings (SSSR count). The number of amides is 1. The number of hydrogen-bond acceptors (Lipinski definition) is 6. The van der Waals surface area contributed by atoms with Gasteiger partial charge in [0.05, 0.1) is 11.1 Å². The third-order valence-corrected chi connectivity index (χ3v) is 6.30. The Balaban J connectivity index is 1.80. The van der Waals surface area contributed by atoms with E-state index >= 15 is 0 Å². The van der Waals surface area contributed by atoms with E-state index < -0.39 is 11.3 Å². The SMILES string of the molecule is Cc1c(F)cccc1C1(C(=O)NO)CCc2nc(-c3cncnc3)sc2C1. The normalized spacial score (nSPS) is 18.8. The molecule has 1 atom stereocenters. The molecule has 1 aliphatic carbocycles. The van der Waals surface area contributed by atoms with Crippen molar-refractivity contribution in [3.8, 4) is 10.6 Å². The molecular formula is C19H17FN4O2S. The maximum atomic E-state index is 14.2. The lowest BCUT2D eigenvalue weighted by Gasteiger charge is -2.36. The largest absolute Gasteiger partial charge is 0.289 e. The van der Waals surface area contributed by atoms with Crippen molar-refractivity contribution in [2.45, 2.75) is 31.6 Å². The average Bonchev–Trinajstić information content (AvgIpc) is 3.13. The van der Waals surface area contributed by atoms with Gasteiger partial charge >= 0.3 is 0 Å².